The molecular formula is C25H43NO7. The van der Waals surface area contributed by atoms with Crippen LogP contribution in [-0.4, -0.2) is 60.9 Å². The van der Waals surface area contributed by atoms with Gasteiger partial charge in [0.1, 0.15) is 0 Å². The first-order chi connectivity index (χ1) is 15.5. The fourth-order valence-corrected chi connectivity index (χ4v) is 3.95. The number of methoxy groups -OCH3 is 2. The van der Waals surface area contributed by atoms with Crippen LogP contribution < -0.4 is 15.2 Å². The summed E-state index contributed by atoms with van der Waals surface area (Å²) in [5.74, 6) is -0.778. The van der Waals surface area contributed by atoms with Crippen molar-refractivity contribution < 1.29 is 34.3 Å². The lowest BCUT2D eigenvalue weighted by Gasteiger charge is -2.32. The van der Waals surface area contributed by atoms with Gasteiger partial charge < -0.3 is 35.3 Å². The molecule has 0 fully saturated rings. The molecule has 0 amide bonds. The van der Waals surface area contributed by atoms with Crippen LogP contribution in [0.1, 0.15) is 58.6 Å². The highest BCUT2D eigenvalue weighted by Crippen LogP contribution is 2.37. The lowest BCUT2D eigenvalue weighted by molar-refractivity contribution is -0.144. The Balaban J connectivity index is 2.97. The SMILES string of the molecule is COCCCOc1cc([C@H](O)[C@@H](C[C@H](N)[C@@H](O)C[C@H](C(=O)O)C(C)C)C(C)C)ccc1OC. The van der Waals surface area contributed by atoms with Gasteiger partial charge in [-0.3, -0.25) is 4.79 Å². The normalized spacial score (nSPS) is 16.3. The minimum absolute atomic E-state index is 0.0757. The lowest BCUT2D eigenvalue weighted by atomic mass is 9.79. The Morgan fingerprint density at radius 2 is 1.67 bits per heavy atom. The molecule has 0 spiro atoms. The van der Waals surface area contributed by atoms with E-state index in [0.717, 1.165) is 6.42 Å². The molecule has 0 saturated heterocycles. The Morgan fingerprint density at radius 3 is 2.18 bits per heavy atom. The van der Waals surface area contributed by atoms with Crippen LogP contribution in [0.15, 0.2) is 18.2 Å². The predicted molar refractivity (Wildman–Crippen MR) is 127 cm³/mol. The summed E-state index contributed by atoms with van der Waals surface area (Å²) in [5, 5.41) is 31.2. The van der Waals surface area contributed by atoms with E-state index in [0.29, 0.717) is 36.7 Å². The number of carboxylic acid groups (broad SMARTS) is 1. The highest BCUT2D eigenvalue weighted by molar-refractivity contribution is 5.70. The van der Waals surface area contributed by atoms with Crippen molar-refractivity contribution in [1.82, 2.24) is 0 Å². The molecule has 1 rings (SSSR count). The van der Waals surface area contributed by atoms with Crippen LogP contribution in [0.25, 0.3) is 0 Å². The maximum Gasteiger partial charge on any atom is 0.306 e. The molecule has 0 aliphatic carbocycles. The third-order valence-corrected chi connectivity index (χ3v) is 6.20. The molecule has 0 aliphatic rings. The molecule has 1 aromatic carbocycles. The predicted octanol–water partition coefficient (Wildman–Crippen LogP) is 3.24. The van der Waals surface area contributed by atoms with E-state index in [1.165, 1.54) is 0 Å². The third kappa shape index (κ3) is 9.12. The second-order valence-corrected chi connectivity index (χ2v) is 9.35. The minimum atomic E-state index is -0.975. The number of benzene rings is 1. The van der Waals surface area contributed by atoms with Crippen LogP contribution in [0.3, 0.4) is 0 Å². The van der Waals surface area contributed by atoms with Gasteiger partial charge in [-0.2, -0.15) is 0 Å². The quantitative estimate of drug-likeness (QED) is 0.271. The van der Waals surface area contributed by atoms with E-state index in [2.05, 4.69) is 0 Å². The van der Waals surface area contributed by atoms with Crippen molar-refractivity contribution in [2.24, 2.45) is 29.4 Å². The smallest absolute Gasteiger partial charge is 0.306 e. The monoisotopic (exact) mass is 469 g/mol. The topological polar surface area (TPSA) is 131 Å². The number of aliphatic hydroxyl groups excluding tert-OH is 2. The first kappa shape index (κ1) is 29.2. The van der Waals surface area contributed by atoms with Gasteiger partial charge in [0.05, 0.1) is 31.8 Å². The number of aliphatic hydroxyl groups is 2. The maximum absolute atomic E-state index is 11.5. The van der Waals surface area contributed by atoms with Gasteiger partial charge in [-0.05, 0) is 48.3 Å². The summed E-state index contributed by atoms with van der Waals surface area (Å²) in [6.07, 6.45) is -0.660. The van der Waals surface area contributed by atoms with Gasteiger partial charge in [-0.15, -0.1) is 0 Å². The Kier molecular flexibility index (Phi) is 12.7. The Hall–Kier alpha value is -1.87. The average Bonchev–Trinajstić information content (AvgIpc) is 2.76. The molecule has 190 valence electrons. The molecule has 33 heavy (non-hydrogen) atoms. The van der Waals surface area contributed by atoms with E-state index in [4.69, 9.17) is 19.9 Å². The zero-order valence-electron chi connectivity index (χ0n) is 20.9. The van der Waals surface area contributed by atoms with Gasteiger partial charge in [0.25, 0.3) is 0 Å². The van der Waals surface area contributed by atoms with Crippen LogP contribution in [0, 0.1) is 23.7 Å². The fourth-order valence-electron chi connectivity index (χ4n) is 3.95. The Labute approximate surface area is 198 Å². The first-order valence-corrected chi connectivity index (χ1v) is 11.7. The molecule has 0 radical (unpaired) electrons. The lowest BCUT2D eigenvalue weighted by Crippen LogP contribution is -2.41. The molecule has 0 bridgehead atoms. The van der Waals surface area contributed by atoms with Gasteiger partial charge in [0.2, 0.25) is 0 Å². The van der Waals surface area contributed by atoms with Crippen LogP contribution in [0.4, 0.5) is 0 Å². The number of rotatable bonds is 16. The highest BCUT2D eigenvalue weighted by atomic mass is 16.5. The van der Waals surface area contributed by atoms with Crippen molar-refractivity contribution in [3.05, 3.63) is 23.8 Å². The largest absolute Gasteiger partial charge is 0.493 e. The number of hydrogen-bond donors (Lipinski definition) is 4. The van der Waals surface area contributed by atoms with E-state index in [9.17, 15) is 20.1 Å². The summed E-state index contributed by atoms with van der Waals surface area (Å²) in [4.78, 5) is 11.5. The van der Waals surface area contributed by atoms with Gasteiger partial charge in [0.15, 0.2) is 11.5 Å². The summed E-state index contributed by atoms with van der Waals surface area (Å²) in [6, 6.07) is 4.67. The Bertz CT molecular complexity index is 710. The molecular weight excluding hydrogens is 426 g/mol. The molecule has 1 aromatic rings. The maximum atomic E-state index is 11.5. The zero-order chi connectivity index (χ0) is 25.1. The summed E-state index contributed by atoms with van der Waals surface area (Å²) < 4.78 is 16.3. The molecule has 5 N–H and O–H groups in total. The molecule has 8 nitrogen and oxygen atoms in total. The Morgan fingerprint density at radius 1 is 1.00 bits per heavy atom. The molecule has 5 atom stereocenters. The summed E-state index contributed by atoms with van der Waals surface area (Å²) >= 11 is 0. The van der Waals surface area contributed by atoms with Crippen molar-refractivity contribution in [2.75, 3.05) is 27.4 Å². The number of nitrogens with two attached hydrogens (primary N) is 1. The van der Waals surface area contributed by atoms with Crippen LogP contribution in [0.5, 0.6) is 11.5 Å². The summed E-state index contributed by atoms with van der Waals surface area (Å²) in [6.45, 7) is 8.65. The van der Waals surface area contributed by atoms with Crippen molar-refractivity contribution in [3.63, 3.8) is 0 Å². The average molecular weight is 470 g/mol. The van der Waals surface area contributed by atoms with Gasteiger partial charge in [-0.25, -0.2) is 0 Å². The molecule has 0 saturated carbocycles. The summed E-state index contributed by atoms with van der Waals surface area (Å²) in [5.41, 5.74) is 6.95. The third-order valence-electron chi connectivity index (χ3n) is 6.20. The van der Waals surface area contributed by atoms with E-state index < -0.39 is 30.1 Å². The van der Waals surface area contributed by atoms with Crippen LogP contribution in [-0.2, 0) is 9.53 Å². The van der Waals surface area contributed by atoms with Crippen molar-refractivity contribution >= 4 is 5.97 Å². The van der Waals surface area contributed by atoms with Crippen LogP contribution in [0.2, 0.25) is 0 Å². The van der Waals surface area contributed by atoms with Gasteiger partial charge >= 0.3 is 5.97 Å². The second-order valence-electron chi connectivity index (χ2n) is 9.35. The highest BCUT2D eigenvalue weighted by Gasteiger charge is 2.32. The van der Waals surface area contributed by atoms with Crippen LogP contribution >= 0.6 is 0 Å². The van der Waals surface area contributed by atoms with Crippen molar-refractivity contribution in [2.45, 2.75) is 65.2 Å². The van der Waals surface area contributed by atoms with Crippen molar-refractivity contribution in [3.8, 4) is 11.5 Å². The fraction of sp³-hybridized carbons (Fsp3) is 0.720. The molecule has 0 unspecified atom stereocenters. The number of hydrogen-bond acceptors (Lipinski definition) is 7. The number of carbonyl (C=O) groups is 1. The minimum Gasteiger partial charge on any atom is -0.493 e. The molecule has 0 aromatic heterocycles. The first-order valence-electron chi connectivity index (χ1n) is 11.7. The van der Waals surface area contributed by atoms with E-state index in [-0.39, 0.29) is 24.2 Å². The van der Waals surface area contributed by atoms with Gasteiger partial charge in [-0.1, -0.05) is 33.8 Å². The summed E-state index contributed by atoms with van der Waals surface area (Å²) in [7, 11) is 3.20. The second kappa shape index (κ2) is 14.4. The van der Waals surface area contributed by atoms with Gasteiger partial charge in [0, 0.05) is 26.2 Å². The van der Waals surface area contributed by atoms with E-state index in [1.807, 2.05) is 27.7 Å². The number of ether oxygens (including phenoxy) is 3. The standard InChI is InChI=1S/C25H43NO7/c1-15(2)18(13-20(26)21(27)14-19(16(3)4)25(29)30)24(28)17-8-9-22(32-6)23(12-17)33-11-7-10-31-5/h8-9,12,15-16,18-21,24,27-28H,7,10-11,13-14,26H2,1-6H3,(H,29,30)/t18-,19-,20-,21-,24-/m0/s1. The zero-order valence-corrected chi connectivity index (χ0v) is 20.9. The van der Waals surface area contributed by atoms with E-state index >= 15 is 0 Å². The van der Waals surface area contributed by atoms with E-state index in [1.54, 1.807) is 32.4 Å². The molecule has 8 heteroatoms. The molecule has 0 aliphatic heterocycles. The van der Waals surface area contributed by atoms with Crippen molar-refractivity contribution in [1.29, 1.82) is 0 Å². The number of aliphatic carboxylic acids is 1. The molecule has 0 heterocycles. The number of carboxylic acids is 1.